The van der Waals surface area contributed by atoms with Crippen molar-refractivity contribution in [3.63, 3.8) is 0 Å². The summed E-state index contributed by atoms with van der Waals surface area (Å²) >= 11 is 0. The maximum Gasteiger partial charge on any atom is 0.223 e. The first-order valence-corrected chi connectivity index (χ1v) is 7.90. The van der Waals surface area contributed by atoms with Crippen molar-refractivity contribution < 1.29 is 18.9 Å². The molecule has 3 aliphatic heterocycles. The second kappa shape index (κ2) is 3.73. The summed E-state index contributed by atoms with van der Waals surface area (Å²) in [6.45, 7) is 1.77. The second-order valence-corrected chi connectivity index (χ2v) is 7.16. The van der Waals surface area contributed by atoms with Gasteiger partial charge in [0.15, 0.2) is 6.29 Å². The molecule has 0 aromatic carbocycles. The maximum atomic E-state index is 6.11. The average molecular weight is 266 g/mol. The van der Waals surface area contributed by atoms with E-state index >= 15 is 0 Å². The van der Waals surface area contributed by atoms with Crippen LogP contribution in [0.2, 0.25) is 0 Å². The van der Waals surface area contributed by atoms with Crippen LogP contribution in [0.15, 0.2) is 0 Å². The first-order valence-electron chi connectivity index (χ1n) is 7.90. The van der Waals surface area contributed by atoms with E-state index in [-0.39, 0.29) is 18.2 Å². The molecule has 5 rings (SSSR count). The molecule has 4 heteroatoms. The van der Waals surface area contributed by atoms with Crippen LogP contribution in [0.25, 0.3) is 0 Å². The van der Waals surface area contributed by atoms with Gasteiger partial charge in [-0.05, 0) is 25.7 Å². The molecule has 106 valence electrons. The fourth-order valence-electron chi connectivity index (χ4n) is 4.57. The molecule has 2 aliphatic carbocycles. The summed E-state index contributed by atoms with van der Waals surface area (Å²) < 4.78 is 23.6. The number of hydrogen-bond acceptors (Lipinski definition) is 4. The summed E-state index contributed by atoms with van der Waals surface area (Å²) in [6, 6.07) is 0. The average Bonchev–Trinajstić information content (AvgIpc) is 3.32. The third kappa shape index (κ3) is 1.60. The van der Waals surface area contributed by atoms with Gasteiger partial charge in [0.25, 0.3) is 0 Å². The number of rotatable bonds is 1. The molecule has 3 heterocycles. The minimum Gasteiger partial charge on any atom is -0.352 e. The lowest BCUT2D eigenvalue weighted by Crippen LogP contribution is -2.47. The Labute approximate surface area is 113 Å². The van der Waals surface area contributed by atoms with E-state index in [0.29, 0.717) is 17.4 Å². The zero-order valence-electron chi connectivity index (χ0n) is 11.3. The van der Waals surface area contributed by atoms with Gasteiger partial charge in [0.05, 0.1) is 13.2 Å². The molecule has 3 saturated heterocycles. The molecule has 5 fully saturated rings. The molecule has 4 atom stereocenters. The Balaban J connectivity index is 1.24. The van der Waals surface area contributed by atoms with Crippen LogP contribution in [0.5, 0.6) is 0 Å². The molecular formula is C15H22O4. The van der Waals surface area contributed by atoms with Crippen LogP contribution in [-0.2, 0) is 18.9 Å². The van der Waals surface area contributed by atoms with Crippen molar-refractivity contribution in [3.8, 4) is 0 Å². The summed E-state index contributed by atoms with van der Waals surface area (Å²) in [5, 5.41) is 0. The van der Waals surface area contributed by atoms with Gasteiger partial charge >= 0.3 is 0 Å². The van der Waals surface area contributed by atoms with E-state index in [1.54, 1.807) is 0 Å². The van der Waals surface area contributed by atoms with E-state index in [2.05, 4.69) is 0 Å². The van der Waals surface area contributed by atoms with E-state index in [0.717, 1.165) is 26.1 Å². The van der Waals surface area contributed by atoms with Crippen molar-refractivity contribution in [1.29, 1.82) is 0 Å². The fraction of sp³-hybridized carbons (Fsp3) is 1.00. The minimum absolute atomic E-state index is 0.0536. The third-order valence-electron chi connectivity index (χ3n) is 5.89. The smallest absolute Gasteiger partial charge is 0.223 e. The highest BCUT2D eigenvalue weighted by atomic mass is 16.9. The Kier molecular flexibility index (Phi) is 2.26. The molecule has 0 amide bonds. The monoisotopic (exact) mass is 266 g/mol. The lowest BCUT2D eigenvalue weighted by molar-refractivity contribution is -0.258. The highest BCUT2D eigenvalue weighted by molar-refractivity contribution is 5.18. The predicted octanol–water partition coefficient (Wildman–Crippen LogP) is 2.21. The Morgan fingerprint density at radius 1 is 0.842 bits per heavy atom. The van der Waals surface area contributed by atoms with Gasteiger partial charge in [-0.3, -0.25) is 0 Å². The zero-order valence-corrected chi connectivity index (χ0v) is 11.3. The predicted molar refractivity (Wildman–Crippen MR) is 66.4 cm³/mol. The summed E-state index contributed by atoms with van der Waals surface area (Å²) in [6.07, 6.45) is 9.41. The van der Waals surface area contributed by atoms with Gasteiger partial charge in [0, 0.05) is 11.3 Å². The molecule has 0 aromatic rings. The zero-order chi connectivity index (χ0) is 12.5. The van der Waals surface area contributed by atoms with E-state index in [9.17, 15) is 0 Å². The van der Waals surface area contributed by atoms with Crippen molar-refractivity contribution in [2.75, 3.05) is 13.2 Å². The normalized spacial score (nSPS) is 51.5. The van der Waals surface area contributed by atoms with Crippen LogP contribution in [-0.4, -0.2) is 37.5 Å². The van der Waals surface area contributed by atoms with E-state index in [4.69, 9.17) is 18.9 Å². The maximum absolute atomic E-state index is 6.11. The fourth-order valence-corrected chi connectivity index (χ4v) is 4.57. The van der Waals surface area contributed by atoms with Crippen molar-refractivity contribution in [2.24, 2.45) is 11.3 Å². The highest BCUT2D eigenvalue weighted by Gasteiger charge is 2.81. The highest BCUT2D eigenvalue weighted by Crippen LogP contribution is 2.64. The van der Waals surface area contributed by atoms with Gasteiger partial charge < -0.3 is 18.9 Å². The molecular weight excluding hydrogens is 244 g/mol. The molecule has 2 spiro atoms. The quantitative estimate of drug-likeness (QED) is 0.683. The molecule has 0 aromatic heterocycles. The van der Waals surface area contributed by atoms with Gasteiger partial charge in [-0.1, -0.05) is 19.3 Å². The van der Waals surface area contributed by atoms with Crippen molar-refractivity contribution in [2.45, 2.75) is 69.2 Å². The summed E-state index contributed by atoms with van der Waals surface area (Å²) in [7, 11) is 0. The molecule has 0 radical (unpaired) electrons. The Bertz CT molecular complexity index is 382. The number of epoxide rings is 2. The van der Waals surface area contributed by atoms with E-state index in [1.165, 1.54) is 32.1 Å². The first kappa shape index (κ1) is 11.5. The molecule has 0 N–H and O–H groups in total. The number of hydrogen-bond donors (Lipinski definition) is 0. The van der Waals surface area contributed by atoms with E-state index in [1.807, 2.05) is 0 Å². The lowest BCUT2D eigenvalue weighted by atomic mass is 9.74. The topological polar surface area (TPSA) is 43.5 Å². The molecule has 0 bridgehead atoms. The number of ether oxygens (including phenoxy) is 4. The van der Waals surface area contributed by atoms with Crippen LogP contribution < -0.4 is 0 Å². The van der Waals surface area contributed by atoms with Gasteiger partial charge in [-0.15, -0.1) is 0 Å². The van der Waals surface area contributed by atoms with Gasteiger partial charge in [0.1, 0.15) is 12.2 Å². The Morgan fingerprint density at radius 3 is 2.42 bits per heavy atom. The van der Waals surface area contributed by atoms with Crippen molar-refractivity contribution in [1.82, 2.24) is 0 Å². The van der Waals surface area contributed by atoms with Crippen LogP contribution in [0, 0.1) is 11.3 Å². The van der Waals surface area contributed by atoms with Crippen LogP contribution >= 0.6 is 0 Å². The van der Waals surface area contributed by atoms with Gasteiger partial charge in [0.2, 0.25) is 5.79 Å². The lowest BCUT2D eigenvalue weighted by Gasteiger charge is -2.44. The Morgan fingerprint density at radius 2 is 1.63 bits per heavy atom. The summed E-state index contributed by atoms with van der Waals surface area (Å²) in [5.74, 6) is 0.204. The van der Waals surface area contributed by atoms with Crippen molar-refractivity contribution >= 4 is 0 Å². The molecule has 4 unspecified atom stereocenters. The first-order chi connectivity index (χ1) is 9.31. The van der Waals surface area contributed by atoms with Crippen LogP contribution in [0.3, 0.4) is 0 Å². The third-order valence-corrected chi connectivity index (χ3v) is 5.89. The summed E-state index contributed by atoms with van der Waals surface area (Å²) in [5.41, 5.74) is 0.324. The minimum atomic E-state index is -0.185. The molecule has 2 saturated carbocycles. The SMILES string of the molecule is C1CCC2(CC1)COC(C1CCC3OC34OC14)OC2. The van der Waals surface area contributed by atoms with Crippen LogP contribution in [0.1, 0.15) is 44.9 Å². The van der Waals surface area contributed by atoms with Crippen molar-refractivity contribution in [3.05, 3.63) is 0 Å². The standard InChI is InChI=1S/C15H22O4/c1-2-6-14(7-3-1)8-16-13(17-9-14)10-4-5-11-15(18-11)12(10)19-15/h10-13H,1-9H2. The van der Waals surface area contributed by atoms with Crippen LogP contribution in [0.4, 0.5) is 0 Å². The molecule has 19 heavy (non-hydrogen) atoms. The Hall–Kier alpha value is -0.160. The second-order valence-electron chi connectivity index (χ2n) is 7.16. The van der Waals surface area contributed by atoms with E-state index < -0.39 is 0 Å². The van der Waals surface area contributed by atoms with Gasteiger partial charge in [-0.2, -0.15) is 0 Å². The summed E-state index contributed by atoms with van der Waals surface area (Å²) in [4.78, 5) is 0. The van der Waals surface area contributed by atoms with Gasteiger partial charge in [-0.25, -0.2) is 0 Å². The molecule has 4 nitrogen and oxygen atoms in total. The largest absolute Gasteiger partial charge is 0.352 e. The molecule has 5 aliphatic rings.